The number of methoxy groups -OCH3 is 1. The zero-order chi connectivity index (χ0) is 20.6. The van der Waals surface area contributed by atoms with Crippen LogP contribution in [-0.4, -0.2) is 36.7 Å². The van der Waals surface area contributed by atoms with Crippen LogP contribution in [0.25, 0.3) is 11.3 Å². The number of hydrogen-bond donors (Lipinski definition) is 1. The summed E-state index contributed by atoms with van der Waals surface area (Å²) >= 11 is 0. The van der Waals surface area contributed by atoms with E-state index in [2.05, 4.69) is 10.3 Å². The molecule has 1 aliphatic rings. The molecule has 1 amide bonds. The van der Waals surface area contributed by atoms with E-state index in [9.17, 15) is 17.6 Å². The molecular formula is C20H18FN3O4S. The van der Waals surface area contributed by atoms with Gasteiger partial charge in [0.25, 0.3) is 5.91 Å². The molecule has 7 nitrogen and oxygen atoms in total. The van der Waals surface area contributed by atoms with E-state index >= 15 is 0 Å². The number of rotatable bonds is 5. The quantitative estimate of drug-likeness (QED) is 0.691. The Kier molecular flexibility index (Phi) is 4.83. The maximum absolute atomic E-state index is 13.1. The number of nitrogens with one attached hydrogen (secondary N) is 1. The first kappa shape index (κ1) is 19.1. The molecule has 4 rings (SSSR count). The van der Waals surface area contributed by atoms with E-state index in [1.165, 1.54) is 16.7 Å². The number of hydrogen-bond acceptors (Lipinski definition) is 5. The van der Waals surface area contributed by atoms with Crippen LogP contribution in [0.5, 0.6) is 5.75 Å². The van der Waals surface area contributed by atoms with Gasteiger partial charge in [0.1, 0.15) is 23.0 Å². The van der Waals surface area contributed by atoms with E-state index in [-0.39, 0.29) is 35.5 Å². The summed E-state index contributed by atoms with van der Waals surface area (Å²) in [7, 11) is -1.99. The first-order valence-electron chi connectivity index (χ1n) is 8.89. The number of halogens is 1. The first-order valence-corrected chi connectivity index (χ1v) is 10.5. The number of sulfone groups is 1. The van der Waals surface area contributed by atoms with Gasteiger partial charge in [-0.25, -0.2) is 17.8 Å². The molecule has 1 aromatic heterocycles. The zero-order valence-corrected chi connectivity index (χ0v) is 16.4. The smallest absolute Gasteiger partial charge is 0.270 e. The lowest BCUT2D eigenvalue weighted by atomic mass is 10.1. The highest BCUT2D eigenvalue weighted by Gasteiger charge is 2.35. The molecule has 0 aliphatic carbocycles. The topological polar surface area (TPSA) is 90.3 Å². The van der Waals surface area contributed by atoms with Gasteiger partial charge in [0, 0.05) is 18.7 Å². The van der Waals surface area contributed by atoms with Gasteiger partial charge in [0.15, 0.2) is 0 Å². The molecule has 0 saturated heterocycles. The Labute approximate surface area is 167 Å². The second kappa shape index (κ2) is 7.32. The summed E-state index contributed by atoms with van der Waals surface area (Å²) in [5, 5.41) is 2.67. The SMILES string of the molecule is COc1ccc(-c2nc3n(c2C(=O)NCc2ccc(F)cc2)CCS3(=O)=O)cc1. The number of imidazole rings is 1. The fourth-order valence-corrected chi connectivity index (χ4v) is 4.58. The number of fused-ring (bicyclic) bond motifs is 1. The maximum Gasteiger partial charge on any atom is 0.270 e. The number of benzene rings is 2. The van der Waals surface area contributed by atoms with Crippen LogP contribution in [0.3, 0.4) is 0 Å². The summed E-state index contributed by atoms with van der Waals surface area (Å²) in [6.45, 7) is 0.342. The van der Waals surface area contributed by atoms with Crippen molar-refractivity contribution in [2.75, 3.05) is 12.9 Å². The number of carbonyl (C=O) groups is 1. The molecule has 0 atom stereocenters. The van der Waals surface area contributed by atoms with Crippen LogP contribution in [0.15, 0.2) is 53.7 Å². The number of nitrogens with zero attached hydrogens (tertiary/aromatic N) is 2. The molecule has 3 aromatic rings. The van der Waals surface area contributed by atoms with Crippen LogP contribution in [0.2, 0.25) is 0 Å². The average molecular weight is 415 g/mol. The molecule has 150 valence electrons. The summed E-state index contributed by atoms with van der Waals surface area (Å²) in [6, 6.07) is 12.7. The van der Waals surface area contributed by atoms with Gasteiger partial charge in [-0.15, -0.1) is 0 Å². The largest absolute Gasteiger partial charge is 0.497 e. The van der Waals surface area contributed by atoms with Gasteiger partial charge in [-0.1, -0.05) is 12.1 Å². The normalized spacial score (nSPS) is 14.4. The fourth-order valence-electron chi connectivity index (χ4n) is 3.23. The predicted octanol–water partition coefficient (Wildman–Crippen LogP) is 2.42. The molecule has 9 heteroatoms. The van der Waals surface area contributed by atoms with E-state index in [4.69, 9.17) is 4.74 Å². The fraction of sp³-hybridized carbons (Fsp3) is 0.200. The second-order valence-electron chi connectivity index (χ2n) is 6.60. The molecule has 0 spiro atoms. The van der Waals surface area contributed by atoms with Gasteiger partial charge in [-0.2, -0.15) is 0 Å². The van der Waals surface area contributed by atoms with E-state index in [0.29, 0.717) is 17.0 Å². The third kappa shape index (κ3) is 3.61. The van der Waals surface area contributed by atoms with Gasteiger partial charge < -0.3 is 14.6 Å². The van der Waals surface area contributed by atoms with Crippen LogP contribution in [0, 0.1) is 5.82 Å². The molecular weight excluding hydrogens is 397 g/mol. The molecule has 29 heavy (non-hydrogen) atoms. The van der Waals surface area contributed by atoms with Crippen molar-refractivity contribution in [3.05, 3.63) is 65.6 Å². The first-order chi connectivity index (χ1) is 13.9. The van der Waals surface area contributed by atoms with Gasteiger partial charge in [-0.05, 0) is 42.0 Å². The van der Waals surface area contributed by atoms with Gasteiger partial charge in [-0.3, -0.25) is 4.79 Å². The molecule has 1 aliphatic heterocycles. The van der Waals surface area contributed by atoms with Gasteiger partial charge in [0.2, 0.25) is 15.0 Å². The molecule has 0 saturated carbocycles. The van der Waals surface area contributed by atoms with Crippen molar-refractivity contribution in [3.63, 3.8) is 0 Å². The van der Waals surface area contributed by atoms with Crippen molar-refractivity contribution >= 4 is 15.7 Å². The Morgan fingerprint density at radius 3 is 2.52 bits per heavy atom. The average Bonchev–Trinajstić information content (AvgIpc) is 3.25. The summed E-state index contributed by atoms with van der Waals surface area (Å²) in [5.74, 6) is -0.261. The number of amides is 1. The van der Waals surface area contributed by atoms with Crippen molar-refractivity contribution in [2.24, 2.45) is 0 Å². The minimum Gasteiger partial charge on any atom is -0.497 e. The van der Waals surface area contributed by atoms with Crippen LogP contribution in [-0.2, 0) is 22.9 Å². The third-order valence-corrected chi connectivity index (χ3v) is 6.33. The minimum absolute atomic E-state index is 0.0868. The highest BCUT2D eigenvalue weighted by molar-refractivity contribution is 7.91. The lowest BCUT2D eigenvalue weighted by Crippen LogP contribution is -2.26. The van der Waals surface area contributed by atoms with E-state index in [0.717, 1.165) is 5.56 Å². The van der Waals surface area contributed by atoms with Gasteiger partial charge >= 0.3 is 0 Å². The number of aromatic nitrogens is 2. The Morgan fingerprint density at radius 2 is 1.86 bits per heavy atom. The summed E-state index contributed by atoms with van der Waals surface area (Å²) in [5.41, 5.74) is 1.81. The molecule has 0 fully saturated rings. The van der Waals surface area contributed by atoms with Crippen LogP contribution in [0.1, 0.15) is 16.1 Å². The van der Waals surface area contributed by atoms with E-state index in [1.807, 2.05) is 0 Å². The van der Waals surface area contributed by atoms with E-state index in [1.54, 1.807) is 43.5 Å². The van der Waals surface area contributed by atoms with Crippen molar-refractivity contribution < 1.29 is 22.3 Å². The van der Waals surface area contributed by atoms with Crippen molar-refractivity contribution in [2.45, 2.75) is 18.2 Å². The maximum atomic E-state index is 13.1. The summed E-state index contributed by atoms with van der Waals surface area (Å²) in [4.78, 5) is 17.2. The molecule has 1 N–H and O–H groups in total. The third-order valence-electron chi connectivity index (χ3n) is 4.74. The van der Waals surface area contributed by atoms with Crippen molar-refractivity contribution in [1.29, 1.82) is 0 Å². The Hall–Kier alpha value is -3.20. The summed E-state index contributed by atoms with van der Waals surface area (Å²) < 4.78 is 44.3. The monoisotopic (exact) mass is 415 g/mol. The minimum atomic E-state index is -3.53. The Bertz CT molecular complexity index is 1170. The lowest BCUT2D eigenvalue weighted by Gasteiger charge is -2.09. The van der Waals surface area contributed by atoms with Gasteiger partial charge in [0.05, 0.1) is 12.9 Å². The molecule has 0 radical (unpaired) electrons. The number of ether oxygens (including phenoxy) is 1. The standard InChI is InChI=1S/C20H18FN3O4S/c1-28-16-8-4-14(5-9-16)17-18(24-10-11-29(26,27)20(24)23-17)19(25)22-12-13-2-6-15(21)7-3-13/h2-9H,10-12H2,1H3,(H,22,25). The number of carbonyl (C=O) groups excluding carboxylic acids is 1. The highest BCUT2D eigenvalue weighted by Crippen LogP contribution is 2.31. The molecule has 0 unspecified atom stereocenters. The zero-order valence-electron chi connectivity index (χ0n) is 15.6. The second-order valence-corrected chi connectivity index (χ2v) is 8.60. The Balaban J connectivity index is 1.70. The highest BCUT2D eigenvalue weighted by atomic mass is 32.2. The molecule has 2 heterocycles. The van der Waals surface area contributed by atoms with Crippen molar-refractivity contribution in [1.82, 2.24) is 14.9 Å². The molecule has 2 aromatic carbocycles. The van der Waals surface area contributed by atoms with Crippen LogP contribution in [0.4, 0.5) is 4.39 Å². The lowest BCUT2D eigenvalue weighted by molar-refractivity contribution is 0.0942. The Morgan fingerprint density at radius 1 is 1.17 bits per heavy atom. The van der Waals surface area contributed by atoms with Crippen LogP contribution >= 0.6 is 0 Å². The van der Waals surface area contributed by atoms with Crippen LogP contribution < -0.4 is 10.1 Å². The van der Waals surface area contributed by atoms with Crippen molar-refractivity contribution in [3.8, 4) is 17.0 Å². The van der Waals surface area contributed by atoms with E-state index < -0.39 is 15.7 Å². The predicted molar refractivity (Wildman–Crippen MR) is 104 cm³/mol. The summed E-state index contributed by atoms with van der Waals surface area (Å²) in [6.07, 6.45) is 0. The molecule has 0 bridgehead atoms.